The average molecular weight is 1300 g/mol. The predicted octanol–water partition coefficient (Wildman–Crippen LogP) is 5.08. The topological polar surface area (TPSA) is 502 Å². The SMILES string of the molecule is CC(C)(C)OC(=O)CCCCC(=O)O.COC(=O)[C@@H](N)Cc1ccc(O)c(O)c1.COC(=O)[C@H](Cc1ccc(OC(=O)CCCNC(=O)OC(C)(C)C)c(O)c1)NC(=O)CCCNC(=O)OC(C)(C)C.NCCCC(=O)O.N[C@@H](Cc1ccc(O)c(O)c1)C(=O)O. The van der Waals surface area contributed by atoms with Crippen LogP contribution in [-0.4, -0.2) is 170 Å². The summed E-state index contributed by atoms with van der Waals surface area (Å²) in [6, 6.07) is 9.81. The predicted molar refractivity (Wildman–Crippen MR) is 329 cm³/mol. The lowest BCUT2D eigenvalue weighted by molar-refractivity contribution is -0.155. The third kappa shape index (κ3) is 44.9. The Morgan fingerprint density at radius 3 is 1.29 bits per heavy atom. The van der Waals surface area contributed by atoms with Gasteiger partial charge in [-0.05, 0) is 167 Å². The molecule has 0 aromatic heterocycles. The minimum Gasteiger partial charge on any atom is -0.504 e. The van der Waals surface area contributed by atoms with E-state index in [0.717, 1.165) is 0 Å². The molecule has 91 heavy (non-hydrogen) atoms. The molecule has 17 N–H and O–H groups in total. The Morgan fingerprint density at radius 1 is 0.473 bits per heavy atom. The molecule has 0 saturated carbocycles. The van der Waals surface area contributed by atoms with Crippen LogP contribution in [0.1, 0.15) is 143 Å². The summed E-state index contributed by atoms with van der Waals surface area (Å²) in [6.07, 6.45) is 2.11. The van der Waals surface area contributed by atoms with Crippen molar-refractivity contribution in [2.45, 2.75) is 181 Å². The molecule has 30 heteroatoms. The first kappa shape index (κ1) is 83.9. The number of alkyl carbamates (subject to hydrolysis) is 2. The Bertz CT molecular complexity index is 2790. The number of carbonyl (C=O) groups is 10. The third-order valence-corrected chi connectivity index (χ3v) is 10.8. The molecule has 0 heterocycles. The Labute approximate surface area is 529 Å². The summed E-state index contributed by atoms with van der Waals surface area (Å²) >= 11 is 0. The molecule has 0 saturated heterocycles. The monoisotopic (exact) mass is 1290 g/mol. The van der Waals surface area contributed by atoms with Crippen molar-refractivity contribution in [2.24, 2.45) is 17.2 Å². The summed E-state index contributed by atoms with van der Waals surface area (Å²) in [6.45, 7) is 16.7. The van der Waals surface area contributed by atoms with Crippen LogP contribution in [0.3, 0.4) is 0 Å². The van der Waals surface area contributed by atoms with E-state index in [1.165, 1.54) is 56.7 Å². The lowest BCUT2D eigenvalue weighted by Crippen LogP contribution is -2.43. The fraction of sp³-hybridized carbons (Fsp3) is 0.541. The molecule has 3 atom stereocenters. The Kier molecular flexibility index (Phi) is 40.1. The number of aromatic hydroxyl groups is 5. The number of benzene rings is 3. The number of rotatable bonds is 27. The quantitative estimate of drug-likeness (QED) is 0.0155. The first-order valence-electron chi connectivity index (χ1n) is 28.6. The van der Waals surface area contributed by atoms with Crippen molar-refractivity contribution < 1.29 is 117 Å². The minimum atomic E-state index is -1.10. The van der Waals surface area contributed by atoms with Gasteiger partial charge in [-0.15, -0.1) is 0 Å². The molecule has 0 aliphatic rings. The summed E-state index contributed by atoms with van der Waals surface area (Å²) in [5.74, 6) is -6.54. The maximum absolute atomic E-state index is 12.4. The zero-order valence-electron chi connectivity index (χ0n) is 53.6. The summed E-state index contributed by atoms with van der Waals surface area (Å²) < 4.78 is 29.7. The first-order chi connectivity index (χ1) is 42.1. The maximum Gasteiger partial charge on any atom is 0.407 e. The van der Waals surface area contributed by atoms with Gasteiger partial charge in [0.25, 0.3) is 0 Å². The normalized spacial score (nSPS) is 11.7. The number of carboxylic acids is 3. The van der Waals surface area contributed by atoms with E-state index in [2.05, 4.69) is 20.7 Å². The molecule has 30 nitrogen and oxygen atoms in total. The van der Waals surface area contributed by atoms with Gasteiger partial charge in [-0.3, -0.25) is 33.6 Å². The number of methoxy groups -OCH3 is 2. The molecule has 3 rings (SSSR count). The number of phenolic OH excluding ortho intramolecular Hbond substituents is 5. The molecular weight excluding hydrogens is 1200 g/mol. The van der Waals surface area contributed by atoms with Crippen molar-refractivity contribution >= 4 is 59.9 Å². The zero-order chi connectivity index (χ0) is 70.2. The lowest BCUT2D eigenvalue weighted by atomic mass is 10.0. The summed E-state index contributed by atoms with van der Waals surface area (Å²) in [5, 5.41) is 79.3. The van der Waals surface area contributed by atoms with Gasteiger partial charge in [0.1, 0.15) is 34.9 Å². The molecule has 0 aliphatic heterocycles. The van der Waals surface area contributed by atoms with Crippen molar-refractivity contribution in [3.63, 3.8) is 0 Å². The molecule has 3 aromatic carbocycles. The van der Waals surface area contributed by atoms with Gasteiger partial charge in [0.15, 0.2) is 34.5 Å². The highest BCUT2D eigenvalue weighted by Crippen LogP contribution is 2.29. The van der Waals surface area contributed by atoms with Crippen molar-refractivity contribution in [1.29, 1.82) is 0 Å². The van der Waals surface area contributed by atoms with E-state index >= 15 is 0 Å². The number of aliphatic carboxylic acids is 3. The number of hydrogen-bond acceptors (Lipinski definition) is 24. The molecule has 0 bridgehead atoms. The molecule has 0 radical (unpaired) electrons. The fourth-order valence-corrected chi connectivity index (χ4v) is 6.69. The first-order valence-corrected chi connectivity index (χ1v) is 28.6. The van der Waals surface area contributed by atoms with Gasteiger partial charge in [0.05, 0.1) is 14.2 Å². The largest absolute Gasteiger partial charge is 0.504 e. The smallest absolute Gasteiger partial charge is 0.407 e. The van der Waals surface area contributed by atoms with Crippen LogP contribution in [0.2, 0.25) is 0 Å². The summed E-state index contributed by atoms with van der Waals surface area (Å²) in [5.41, 5.74) is 15.8. The number of amides is 3. The van der Waals surface area contributed by atoms with Crippen LogP contribution in [0.25, 0.3) is 0 Å². The molecule has 0 spiro atoms. The van der Waals surface area contributed by atoms with E-state index in [1.807, 2.05) is 20.8 Å². The van der Waals surface area contributed by atoms with Crippen LogP contribution in [0.5, 0.6) is 34.5 Å². The van der Waals surface area contributed by atoms with Gasteiger partial charge in [-0.1, -0.05) is 18.2 Å². The minimum absolute atomic E-state index is 0.00664. The zero-order valence-corrected chi connectivity index (χ0v) is 53.6. The number of unbranched alkanes of at least 4 members (excludes halogenated alkanes) is 1. The average Bonchev–Trinajstić information content (AvgIpc) is 2.03. The van der Waals surface area contributed by atoms with Gasteiger partial charge >= 0.3 is 54.0 Å². The molecule has 0 aliphatic carbocycles. The second-order valence-corrected chi connectivity index (χ2v) is 22.8. The van der Waals surface area contributed by atoms with E-state index < -0.39 is 88.8 Å². The van der Waals surface area contributed by atoms with E-state index in [9.17, 15) is 58.2 Å². The van der Waals surface area contributed by atoms with Crippen LogP contribution in [-0.2, 0) is 81.3 Å². The fourth-order valence-electron chi connectivity index (χ4n) is 6.69. The number of esters is 4. The summed E-state index contributed by atoms with van der Waals surface area (Å²) in [4.78, 5) is 113. The van der Waals surface area contributed by atoms with Gasteiger partial charge in [0.2, 0.25) is 5.91 Å². The van der Waals surface area contributed by atoms with Crippen molar-refractivity contribution in [2.75, 3.05) is 33.9 Å². The number of carbonyl (C=O) groups excluding carboxylic acids is 7. The van der Waals surface area contributed by atoms with Crippen molar-refractivity contribution in [3.8, 4) is 34.5 Å². The second kappa shape index (κ2) is 43.5. The maximum atomic E-state index is 12.4. The van der Waals surface area contributed by atoms with E-state index in [1.54, 1.807) is 53.7 Å². The standard InChI is InChI=1S/C28H43N3O10.C10H13NO4.C10H18O4.C9H11NO4.C4H9NO2/c1-27(2,3)40-25(36)29-14-8-10-22(33)31-19(24(35)38-7)16-18-12-13-21(20(32)17-18)39-23(34)11-9-15-30-26(37)41-28(4,5)6;1-15-10(14)7(11)4-6-2-3-8(12)9(13)5-6;1-10(2,3)14-9(13)7-5-4-6-8(11)12;10-6(9(13)14)3-5-1-2-7(11)8(12)4-5;5-3-1-2-4(6)7/h12-13,17,19,32H,8-11,14-16H2,1-7H3,(H,29,36)(H,30,37)(H,31,33);2-3,5,7,12-13H,4,11H2,1H3;4-7H2,1-3H3,(H,11,12);1-2,4,6,11-12H,3,10H2,(H,13,14);1-3,5H2,(H,6,7)/t19-;7-;;6-;/m00.0./s1. The Balaban J connectivity index is 0. The van der Waals surface area contributed by atoms with Gasteiger partial charge in [0, 0.05) is 51.6 Å². The van der Waals surface area contributed by atoms with Gasteiger partial charge in [-0.25, -0.2) is 14.4 Å². The number of carboxylic acid groups (broad SMARTS) is 3. The van der Waals surface area contributed by atoms with E-state index in [4.69, 9.17) is 71.5 Å². The van der Waals surface area contributed by atoms with Crippen LogP contribution in [0.4, 0.5) is 9.59 Å². The van der Waals surface area contributed by atoms with Gasteiger partial charge in [-0.2, -0.15) is 0 Å². The molecule has 3 aromatic rings. The number of phenols is 5. The van der Waals surface area contributed by atoms with Crippen LogP contribution in [0.15, 0.2) is 54.6 Å². The molecular formula is C61H94N6O24. The number of nitrogens with two attached hydrogens (primary N) is 3. The molecule has 3 amide bonds. The molecule has 0 fully saturated rings. The Hall–Kier alpha value is -9.16. The summed E-state index contributed by atoms with van der Waals surface area (Å²) in [7, 11) is 2.45. The van der Waals surface area contributed by atoms with E-state index in [0.29, 0.717) is 61.8 Å². The third-order valence-electron chi connectivity index (χ3n) is 10.8. The number of nitrogens with one attached hydrogen (secondary N) is 3. The number of ether oxygens (including phenoxy) is 6. The van der Waals surface area contributed by atoms with Crippen LogP contribution < -0.4 is 37.9 Å². The lowest BCUT2D eigenvalue weighted by Gasteiger charge is -2.20. The van der Waals surface area contributed by atoms with Gasteiger partial charge < -0.3 is 102 Å². The highest BCUT2D eigenvalue weighted by Gasteiger charge is 2.24. The second-order valence-electron chi connectivity index (χ2n) is 22.8. The molecule has 0 unspecified atom stereocenters. The van der Waals surface area contributed by atoms with Crippen molar-refractivity contribution in [3.05, 3.63) is 71.3 Å². The van der Waals surface area contributed by atoms with Crippen LogP contribution in [0, 0.1) is 0 Å². The number of hydrogen-bond donors (Lipinski definition) is 14. The molecule has 512 valence electrons. The highest BCUT2D eigenvalue weighted by atomic mass is 16.6. The highest BCUT2D eigenvalue weighted by molar-refractivity contribution is 5.85. The Morgan fingerprint density at radius 2 is 0.879 bits per heavy atom. The van der Waals surface area contributed by atoms with Crippen LogP contribution >= 0.6 is 0 Å². The van der Waals surface area contributed by atoms with E-state index in [-0.39, 0.29) is 98.5 Å². The van der Waals surface area contributed by atoms with Crippen molar-refractivity contribution in [1.82, 2.24) is 16.0 Å².